The summed E-state index contributed by atoms with van der Waals surface area (Å²) in [6.45, 7) is 11.4. The summed E-state index contributed by atoms with van der Waals surface area (Å²) in [4.78, 5) is 0. The Morgan fingerprint density at radius 2 is 1.87 bits per heavy atom. The van der Waals surface area contributed by atoms with Gasteiger partial charge in [-0.25, -0.2) is 0 Å². The predicted molar refractivity (Wildman–Crippen MR) is 59.5 cm³/mol. The van der Waals surface area contributed by atoms with E-state index in [9.17, 15) is 5.11 Å². The van der Waals surface area contributed by atoms with Crippen molar-refractivity contribution < 1.29 is 5.11 Å². The molecular formula is C11H21N3O. The molecule has 0 unspecified atom stereocenters. The van der Waals surface area contributed by atoms with E-state index in [0.717, 1.165) is 12.4 Å². The van der Waals surface area contributed by atoms with E-state index in [4.69, 9.17) is 0 Å². The molecule has 1 heterocycles. The highest BCUT2D eigenvalue weighted by atomic mass is 16.3. The highest BCUT2D eigenvalue weighted by molar-refractivity contribution is 5.05. The number of aromatic nitrogens is 3. The van der Waals surface area contributed by atoms with Crippen LogP contribution in [0.2, 0.25) is 0 Å². The SMILES string of the molecule is CC(C)Cn1c(CO)nnc1C(C)(C)C. The molecule has 0 radical (unpaired) electrons. The molecule has 0 amide bonds. The molecule has 0 atom stereocenters. The Hall–Kier alpha value is -0.900. The van der Waals surface area contributed by atoms with Crippen LogP contribution < -0.4 is 0 Å². The second-order valence-electron chi connectivity index (χ2n) is 5.35. The number of aliphatic hydroxyl groups excluding tert-OH is 1. The first-order chi connectivity index (χ1) is 6.86. The normalized spacial score (nSPS) is 12.5. The van der Waals surface area contributed by atoms with Crippen molar-refractivity contribution in [1.29, 1.82) is 0 Å². The molecule has 0 aliphatic heterocycles. The van der Waals surface area contributed by atoms with Gasteiger partial charge in [0.25, 0.3) is 0 Å². The molecule has 0 bridgehead atoms. The smallest absolute Gasteiger partial charge is 0.158 e. The van der Waals surface area contributed by atoms with Crippen LogP contribution in [0, 0.1) is 5.92 Å². The number of aliphatic hydroxyl groups is 1. The van der Waals surface area contributed by atoms with Gasteiger partial charge in [-0.1, -0.05) is 34.6 Å². The second-order valence-corrected chi connectivity index (χ2v) is 5.35. The summed E-state index contributed by atoms with van der Waals surface area (Å²) in [7, 11) is 0. The number of nitrogens with zero attached hydrogens (tertiary/aromatic N) is 3. The topological polar surface area (TPSA) is 50.9 Å². The van der Waals surface area contributed by atoms with Gasteiger partial charge in [0.15, 0.2) is 5.82 Å². The maximum absolute atomic E-state index is 9.19. The number of rotatable bonds is 3. The van der Waals surface area contributed by atoms with Crippen molar-refractivity contribution in [2.24, 2.45) is 5.92 Å². The molecule has 0 aromatic carbocycles. The van der Waals surface area contributed by atoms with E-state index in [0.29, 0.717) is 11.7 Å². The van der Waals surface area contributed by atoms with Crippen LogP contribution in [-0.4, -0.2) is 19.9 Å². The van der Waals surface area contributed by atoms with Gasteiger partial charge in [0.1, 0.15) is 12.4 Å². The quantitative estimate of drug-likeness (QED) is 0.828. The van der Waals surface area contributed by atoms with E-state index in [1.54, 1.807) is 0 Å². The maximum atomic E-state index is 9.19. The van der Waals surface area contributed by atoms with Gasteiger partial charge in [0, 0.05) is 12.0 Å². The Morgan fingerprint density at radius 3 is 2.27 bits per heavy atom. The van der Waals surface area contributed by atoms with Gasteiger partial charge in [-0.15, -0.1) is 10.2 Å². The van der Waals surface area contributed by atoms with Gasteiger partial charge in [-0.05, 0) is 5.92 Å². The molecular weight excluding hydrogens is 190 g/mol. The van der Waals surface area contributed by atoms with Crippen molar-refractivity contribution in [1.82, 2.24) is 14.8 Å². The molecule has 1 N–H and O–H groups in total. The van der Waals surface area contributed by atoms with Crippen molar-refractivity contribution in [2.45, 2.75) is 53.2 Å². The molecule has 0 fully saturated rings. The van der Waals surface area contributed by atoms with Gasteiger partial charge in [-0.3, -0.25) is 0 Å². The largest absolute Gasteiger partial charge is 0.388 e. The summed E-state index contributed by atoms with van der Waals surface area (Å²) in [5.74, 6) is 2.13. The molecule has 4 nitrogen and oxygen atoms in total. The summed E-state index contributed by atoms with van der Waals surface area (Å²) in [6.07, 6.45) is 0. The number of hydrogen-bond donors (Lipinski definition) is 1. The monoisotopic (exact) mass is 211 g/mol. The van der Waals surface area contributed by atoms with E-state index < -0.39 is 0 Å². The van der Waals surface area contributed by atoms with Crippen LogP contribution in [0.5, 0.6) is 0 Å². The summed E-state index contributed by atoms with van der Waals surface area (Å²) in [5.41, 5.74) is -0.0324. The lowest BCUT2D eigenvalue weighted by molar-refractivity contribution is 0.260. The Morgan fingerprint density at radius 1 is 1.27 bits per heavy atom. The molecule has 1 rings (SSSR count). The van der Waals surface area contributed by atoms with Crippen LogP contribution >= 0.6 is 0 Å². The van der Waals surface area contributed by atoms with Crippen molar-refractivity contribution >= 4 is 0 Å². The molecule has 0 saturated heterocycles. The summed E-state index contributed by atoms with van der Waals surface area (Å²) >= 11 is 0. The van der Waals surface area contributed by atoms with Gasteiger partial charge in [-0.2, -0.15) is 0 Å². The van der Waals surface area contributed by atoms with Crippen molar-refractivity contribution in [3.05, 3.63) is 11.6 Å². The Bertz CT molecular complexity index is 323. The minimum absolute atomic E-state index is 0.0324. The van der Waals surface area contributed by atoms with Gasteiger partial charge in [0.2, 0.25) is 0 Å². The summed E-state index contributed by atoms with van der Waals surface area (Å²) in [5, 5.41) is 17.4. The first-order valence-corrected chi connectivity index (χ1v) is 5.39. The molecule has 1 aromatic rings. The molecule has 0 saturated carbocycles. The third kappa shape index (κ3) is 2.78. The van der Waals surface area contributed by atoms with Gasteiger partial charge >= 0.3 is 0 Å². The standard InChI is InChI=1S/C11H21N3O/c1-8(2)6-14-9(7-15)12-13-10(14)11(3,4)5/h8,15H,6-7H2,1-5H3. The summed E-state index contributed by atoms with van der Waals surface area (Å²) in [6, 6.07) is 0. The zero-order chi connectivity index (χ0) is 11.6. The fourth-order valence-corrected chi connectivity index (χ4v) is 1.56. The van der Waals surface area contributed by atoms with Crippen LogP contribution in [0.1, 0.15) is 46.3 Å². The first kappa shape index (κ1) is 12.2. The maximum Gasteiger partial charge on any atom is 0.158 e. The molecule has 0 aliphatic rings. The zero-order valence-electron chi connectivity index (χ0n) is 10.3. The van der Waals surface area contributed by atoms with E-state index in [2.05, 4.69) is 44.8 Å². The van der Waals surface area contributed by atoms with E-state index in [1.165, 1.54) is 0 Å². The second kappa shape index (κ2) is 4.31. The van der Waals surface area contributed by atoms with Gasteiger partial charge in [0.05, 0.1) is 0 Å². The Balaban J connectivity index is 3.11. The molecule has 86 valence electrons. The van der Waals surface area contributed by atoms with Crippen LogP contribution in [0.3, 0.4) is 0 Å². The fraction of sp³-hybridized carbons (Fsp3) is 0.818. The molecule has 15 heavy (non-hydrogen) atoms. The van der Waals surface area contributed by atoms with E-state index >= 15 is 0 Å². The fourth-order valence-electron chi connectivity index (χ4n) is 1.56. The average Bonchev–Trinajstić information content (AvgIpc) is 2.45. The van der Waals surface area contributed by atoms with E-state index in [-0.39, 0.29) is 12.0 Å². The lowest BCUT2D eigenvalue weighted by Gasteiger charge is -2.20. The first-order valence-electron chi connectivity index (χ1n) is 5.39. The Kier molecular flexibility index (Phi) is 3.50. The van der Waals surface area contributed by atoms with Crippen LogP contribution in [-0.2, 0) is 18.6 Å². The molecule has 1 aromatic heterocycles. The zero-order valence-corrected chi connectivity index (χ0v) is 10.3. The highest BCUT2D eigenvalue weighted by Crippen LogP contribution is 2.22. The average molecular weight is 211 g/mol. The molecule has 0 aliphatic carbocycles. The van der Waals surface area contributed by atoms with Crippen LogP contribution in [0.4, 0.5) is 0 Å². The molecule has 0 spiro atoms. The van der Waals surface area contributed by atoms with E-state index in [1.807, 2.05) is 4.57 Å². The highest BCUT2D eigenvalue weighted by Gasteiger charge is 2.23. The molecule has 4 heteroatoms. The third-order valence-corrected chi connectivity index (χ3v) is 2.19. The minimum atomic E-state index is -0.0458. The van der Waals surface area contributed by atoms with Gasteiger partial charge < -0.3 is 9.67 Å². The third-order valence-electron chi connectivity index (χ3n) is 2.19. The lowest BCUT2D eigenvalue weighted by atomic mass is 9.95. The van der Waals surface area contributed by atoms with Crippen molar-refractivity contribution in [3.8, 4) is 0 Å². The Labute approximate surface area is 91.3 Å². The van der Waals surface area contributed by atoms with Crippen LogP contribution in [0.15, 0.2) is 0 Å². The number of hydrogen-bond acceptors (Lipinski definition) is 3. The summed E-state index contributed by atoms with van der Waals surface area (Å²) < 4.78 is 2.03. The van der Waals surface area contributed by atoms with Crippen molar-refractivity contribution in [2.75, 3.05) is 0 Å². The minimum Gasteiger partial charge on any atom is -0.388 e. The van der Waals surface area contributed by atoms with Crippen LogP contribution in [0.25, 0.3) is 0 Å². The predicted octanol–water partition coefficient (Wildman–Crippen LogP) is 1.72. The van der Waals surface area contributed by atoms with Crippen molar-refractivity contribution in [3.63, 3.8) is 0 Å². The lowest BCUT2D eigenvalue weighted by Crippen LogP contribution is -2.21.